The Kier molecular flexibility index (Phi) is 9.65. The number of likely N-dealkylation sites (N-methyl/N-ethyl adjacent to an activating group) is 1. The highest BCUT2D eigenvalue weighted by molar-refractivity contribution is 9.10. The molecule has 2 N–H and O–H groups in total. The number of nitrogens with one attached hydrogen (secondary N) is 2. The van der Waals surface area contributed by atoms with E-state index in [2.05, 4.69) is 26.6 Å². The van der Waals surface area contributed by atoms with Gasteiger partial charge in [-0.3, -0.25) is 19.2 Å². The molecule has 45 heavy (non-hydrogen) atoms. The predicted molar refractivity (Wildman–Crippen MR) is 179 cm³/mol. The van der Waals surface area contributed by atoms with Crippen molar-refractivity contribution in [1.82, 2.24) is 10.6 Å². The van der Waals surface area contributed by atoms with E-state index in [1.54, 1.807) is 55.1 Å². The minimum Gasteiger partial charge on any atom is -0.496 e. The maximum absolute atomic E-state index is 14.5. The first-order chi connectivity index (χ1) is 21.6. The van der Waals surface area contributed by atoms with Crippen LogP contribution in [0.4, 0.5) is 11.4 Å². The van der Waals surface area contributed by atoms with E-state index in [0.29, 0.717) is 28.3 Å². The standard InChI is InChI=1S/C35H35BrN4O5/c1-21(37-3)33(42)38-18-26-19-39(34(43)25-9-7-8-23(16-25)22(2)41)30-10-5-6-11-31(30)40(35(26)44)20-29-28-14-13-27(36)17-24(28)12-15-32(29)45-4/h5-17,21,26,37H,18-20H2,1-4H3,(H,38,42)/t21-,26-/m0/s1. The molecule has 0 saturated carbocycles. The van der Waals surface area contributed by atoms with Gasteiger partial charge >= 0.3 is 0 Å². The Morgan fingerprint density at radius 3 is 2.42 bits per heavy atom. The molecule has 1 heterocycles. The summed E-state index contributed by atoms with van der Waals surface area (Å²) in [6, 6.07) is 23.2. The molecule has 9 nitrogen and oxygen atoms in total. The number of halogens is 1. The van der Waals surface area contributed by atoms with Crippen LogP contribution in [-0.4, -0.2) is 56.8 Å². The van der Waals surface area contributed by atoms with Crippen LogP contribution in [0.3, 0.4) is 0 Å². The first-order valence-electron chi connectivity index (χ1n) is 14.7. The second kappa shape index (κ2) is 13.6. The molecule has 3 amide bonds. The van der Waals surface area contributed by atoms with Gasteiger partial charge < -0.3 is 25.2 Å². The zero-order chi connectivity index (χ0) is 32.2. The van der Waals surface area contributed by atoms with Crippen molar-refractivity contribution in [2.24, 2.45) is 5.92 Å². The summed E-state index contributed by atoms with van der Waals surface area (Å²) in [5, 5.41) is 7.70. The number of hydrogen-bond acceptors (Lipinski definition) is 6. The van der Waals surface area contributed by atoms with Crippen molar-refractivity contribution >= 4 is 61.6 Å². The Labute approximate surface area is 270 Å². The number of methoxy groups -OCH3 is 1. The van der Waals surface area contributed by atoms with Crippen molar-refractivity contribution in [3.05, 3.63) is 100 Å². The third-order valence-electron chi connectivity index (χ3n) is 8.18. The molecule has 0 spiro atoms. The van der Waals surface area contributed by atoms with Crippen LogP contribution in [0.25, 0.3) is 10.8 Å². The Balaban J connectivity index is 1.63. The highest BCUT2D eigenvalue weighted by Crippen LogP contribution is 2.39. The van der Waals surface area contributed by atoms with Gasteiger partial charge in [-0.1, -0.05) is 52.3 Å². The summed E-state index contributed by atoms with van der Waals surface area (Å²) in [5.74, 6) is -1.16. The zero-order valence-corrected chi connectivity index (χ0v) is 27.2. The smallest absolute Gasteiger partial charge is 0.258 e. The number of ether oxygens (including phenoxy) is 1. The van der Waals surface area contributed by atoms with Crippen LogP contribution < -0.4 is 25.2 Å². The van der Waals surface area contributed by atoms with Crippen LogP contribution >= 0.6 is 15.9 Å². The minimum atomic E-state index is -0.777. The Morgan fingerprint density at radius 1 is 0.978 bits per heavy atom. The highest BCUT2D eigenvalue weighted by atomic mass is 79.9. The summed E-state index contributed by atoms with van der Waals surface area (Å²) in [7, 11) is 3.28. The fourth-order valence-corrected chi connectivity index (χ4v) is 5.94. The fraction of sp³-hybridized carbons (Fsp3) is 0.257. The molecule has 1 aliphatic heterocycles. The number of para-hydroxylation sites is 2. The van der Waals surface area contributed by atoms with E-state index in [1.165, 1.54) is 6.92 Å². The van der Waals surface area contributed by atoms with E-state index in [9.17, 15) is 19.2 Å². The molecule has 0 aliphatic carbocycles. The number of rotatable bonds is 9. The number of Topliss-reactive ketones (excluding diaryl/α,β-unsaturated/α-hetero) is 1. The van der Waals surface area contributed by atoms with E-state index >= 15 is 0 Å². The number of amides is 3. The number of fused-ring (bicyclic) bond motifs is 2. The zero-order valence-electron chi connectivity index (χ0n) is 25.6. The molecule has 5 rings (SSSR count). The van der Waals surface area contributed by atoms with Crippen LogP contribution in [0.1, 0.15) is 40.1 Å². The first-order valence-corrected chi connectivity index (χ1v) is 15.5. The molecule has 0 aromatic heterocycles. The quantitative estimate of drug-likeness (QED) is 0.233. The van der Waals surface area contributed by atoms with E-state index < -0.39 is 12.0 Å². The lowest BCUT2D eigenvalue weighted by atomic mass is 10.0. The lowest BCUT2D eigenvalue weighted by Crippen LogP contribution is -2.48. The SMILES string of the molecule is CN[C@@H](C)C(=O)NC[C@H]1CN(C(=O)c2cccc(C(C)=O)c2)c2ccccc2N(Cc2c(OC)ccc3cc(Br)ccc23)C1=O. The van der Waals surface area contributed by atoms with Gasteiger partial charge in [-0.25, -0.2) is 0 Å². The third kappa shape index (κ3) is 6.62. The van der Waals surface area contributed by atoms with Gasteiger partial charge in [0.1, 0.15) is 5.75 Å². The second-order valence-electron chi connectivity index (χ2n) is 11.0. The highest BCUT2D eigenvalue weighted by Gasteiger charge is 2.37. The van der Waals surface area contributed by atoms with Crippen LogP contribution in [0.2, 0.25) is 0 Å². The molecule has 0 bridgehead atoms. The van der Waals surface area contributed by atoms with Gasteiger partial charge in [0.25, 0.3) is 5.91 Å². The summed E-state index contributed by atoms with van der Waals surface area (Å²) in [5.41, 5.74) is 2.65. The summed E-state index contributed by atoms with van der Waals surface area (Å²) < 4.78 is 6.69. The summed E-state index contributed by atoms with van der Waals surface area (Å²) in [4.78, 5) is 56.8. The van der Waals surface area contributed by atoms with Gasteiger partial charge in [-0.05, 0) is 74.1 Å². The number of ketones is 1. The number of hydrogen-bond donors (Lipinski definition) is 2. The Hall–Kier alpha value is -4.54. The molecule has 0 unspecified atom stereocenters. The van der Waals surface area contributed by atoms with E-state index in [0.717, 1.165) is 20.8 Å². The van der Waals surface area contributed by atoms with Crippen molar-refractivity contribution in [3.8, 4) is 5.75 Å². The number of carbonyl (C=O) groups excluding carboxylic acids is 4. The molecule has 0 saturated heterocycles. The van der Waals surface area contributed by atoms with Crippen molar-refractivity contribution in [1.29, 1.82) is 0 Å². The monoisotopic (exact) mass is 670 g/mol. The second-order valence-corrected chi connectivity index (χ2v) is 11.9. The number of carbonyl (C=O) groups is 4. The molecule has 1 aliphatic rings. The molecule has 10 heteroatoms. The molecule has 2 atom stereocenters. The molecule has 4 aromatic carbocycles. The van der Waals surface area contributed by atoms with Crippen molar-refractivity contribution in [2.75, 3.05) is 37.0 Å². The molecular formula is C35H35BrN4O5. The predicted octanol–water partition coefficient (Wildman–Crippen LogP) is 5.35. The molecule has 4 aromatic rings. The van der Waals surface area contributed by atoms with Crippen LogP contribution in [0, 0.1) is 5.92 Å². The van der Waals surface area contributed by atoms with E-state index in [4.69, 9.17) is 4.74 Å². The Bertz CT molecular complexity index is 1790. The molecular weight excluding hydrogens is 636 g/mol. The van der Waals surface area contributed by atoms with Gasteiger partial charge in [-0.2, -0.15) is 0 Å². The average Bonchev–Trinajstić information content (AvgIpc) is 3.16. The van der Waals surface area contributed by atoms with E-state index in [-0.39, 0.29) is 43.1 Å². The minimum absolute atomic E-state index is 0.0172. The van der Waals surface area contributed by atoms with Crippen molar-refractivity contribution in [2.45, 2.75) is 26.4 Å². The van der Waals surface area contributed by atoms with Crippen LogP contribution in [0.15, 0.2) is 83.3 Å². The fourth-order valence-electron chi connectivity index (χ4n) is 5.56. The third-order valence-corrected chi connectivity index (χ3v) is 8.67. The van der Waals surface area contributed by atoms with Crippen LogP contribution in [0.5, 0.6) is 5.75 Å². The summed E-state index contributed by atoms with van der Waals surface area (Å²) in [6.45, 7) is 3.38. The first kappa shape index (κ1) is 31.9. The molecule has 232 valence electrons. The maximum atomic E-state index is 14.5. The normalized spacial score (nSPS) is 15.3. The van der Waals surface area contributed by atoms with Crippen molar-refractivity contribution < 1.29 is 23.9 Å². The topological polar surface area (TPSA) is 108 Å². The van der Waals surface area contributed by atoms with Gasteiger partial charge in [0.15, 0.2) is 5.78 Å². The van der Waals surface area contributed by atoms with E-state index in [1.807, 2.05) is 54.6 Å². The molecule has 0 fully saturated rings. The van der Waals surface area contributed by atoms with Gasteiger partial charge in [0.2, 0.25) is 11.8 Å². The maximum Gasteiger partial charge on any atom is 0.258 e. The number of anilines is 2. The lowest BCUT2D eigenvalue weighted by molar-refractivity contribution is -0.124. The largest absolute Gasteiger partial charge is 0.496 e. The van der Waals surface area contributed by atoms with Crippen molar-refractivity contribution in [3.63, 3.8) is 0 Å². The summed E-state index contributed by atoms with van der Waals surface area (Å²) >= 11 is 3.55. The average molecular weight is 672 g/mol. The van der Waals surface area contributed by atoms with Gasteiger partial charge in [0, 0.05) is 34.3 Å². The molecule has 0 radical (unpaired) electrons. The van der Waals surface area contributed by atoms with Crippen LogP contribution in [-0.2, 0) is 16.1 Å². The van der Waals surface area contributed by atoms with Gasteiger partial charge in [0.05, 0.1) is 37.0 Å². The summed E-state index contributed by atoms with van der Waals surface area (Å²) in [6.07, 6.45) is 0. The number of nitrogens with zero attached hydrogens (tertiary/aromatic N) is 2. The number of benzene rings is 4. The lowest BCUT2D eigenvalue weighted by Gasteiger charge is -2.27. The Morgan fingerprint density at radius 2 is 1.71 bits per heavy atom. The van der Waals surface area contributed by atoms with Gasteiger partial charge in [-0.15, -0.1) is 0 Å².